The number of ether oxygens (including phenoxy) is 1. The molecule has 0 saturated carbocycles. The lowest BCUT2D eigenvalue weighted by Gasteiger charge is -2.21. The average Bonchev–Trinajstić information content (AvgIpc) is 3.10. The molecule has 0 aliphatic rings. The maximum absolute atomic E-state index is 13.1. The van der Waals surface area contributed by atoms with Crippen molar-refractivity contribution in [1.29, 1.82) is 0 Å². The second-order valence-electron chi connectivity index (χ2n) is 5.91. The molecule has 1 amide bonds. The molecule has 0 bridgehead atoms. The number of thiophene rings is 1. The van der Waals surface area contributed by atoms with Crippen LogP contribution in [0.2, 0.25) is 0 Å². The standard InChI is InChI=1S/C18H22N2O5S2/c1-13-6-4-5-7-15(13)11-20(12-17(22)25-3)27(23,24)18-9-8-16(26-18)10-19-14(2)21/h4-9H,10-12H2,1-3H3,(H,19,21). The number of nitrogens with one attached hydrogen (secondary N) is 1. The molecule has 7 nitrogen and oxygen atoms in total. The Bertz CT molecular complexity index is 921. The Hall–Kier alpha value is -2.23. The molecule has 9 heteroatoms. The van der Waals surface area contributed by atoms with Crippen LogP contribution in [0.1, 0.15) is 22.9 Å². The first-order chi connectivity index (χ1) is 12.7. The van der Waals surface area contributed by atoms with E-state index in [9.17, 15) is 18.0 Å². The number of esters is 1. The van der Waals surface area contributed by atoms with Crippen LogP contribution in [0.25, 0.3) is 0 Å². The van der Waals surface area contributed by atoms with Crippen molar-refractivity contribution >= 4 is 33.2 Å². The van der Waals surface area contributed by atoms with E-state index in [2.05, 4.69) is 10.1 Å². The molecule has 0 spiro atoms. The zero-order valence-corrected chi connectivity index (χ0v) is 17.0. The van der Waals surface area contributed by atoms with E-state index in [0.717, 1.165) is 26.8 Å². The molecule has 0 saturated heterocycles. The summed E-state index contributed by atoms with van der Waals surface area (Å²) in [5.41, 5.74) is 1.74. The molecule has 0 atom stereocenters. The van der Waals surface area contributed by atoms with Crippen LogP contribution in [0.15, 0.2) is 40.6 Å². The normalized spacial score (nSPS) is 11.4. The summed E-state index contributed by atoms with van der Waals surface area (Å²) in [4.78, 5) is 23.5. The second kappa shape index (κ2) is 9.12. The van der Waals surface area contributed by atoms with Crippen molar-refractivity contribution in [2.75, 3.05) is 13.7 Å². The number of hydrogen-bond acceptors (Lipinski definition) is 6. The number of carbonyl (C=O) groups excluding carboxylic acids is 2. The van der Waals surface area contributed by atoms with Gasteiger partial charge in [0.05, 0.1) is 13.7 Å². The predicted octanol–water partition coefficient (Wildman–Crippen LogP) is 2.06. The number of hydrogen-bond donors (Lipinski definition) is 1. The molecule has 0 radical (unpaired) electrons. The van der Waals surface area contributed by atoms with E-state index >= 15 is 0 Å². The number of sulfonamides is 1. The number of aryl methyl sites for hydroxylation is 1. The highest BCUT2D eigenvalue weighted by Crippen LogP contribution is 2.26. The van der Waals surface area contributed by atoms with Gasteiger partial charge in [0.1, 0.15) is 10.8 Å². The monoisotopic (exact) mass is 410 g/mol. The van der Waals surface area contributed by atoms with Gasteiger partial charge in [0.25, 0.3) is 10.0 Å². The molecule has 0 aliphatic heterocycles. The minimum absolute atomic E-state index is 0.0586. The summed E-state index contributed by atoms with van der Waals surface area (Å²) < 4.78 is 32.1. The largest absolute Gasteiger partial charge is 0.468 e. The van der Waals surface area contributed by atoms with E-state index in [4.69, 9.17) is 0 Å². The van der Waals surface area contributed by atoms with Crippen molar-refractivity contribution in [3.63, 3.8) is 0 Å². The molecule has 0 unspecified atom stereocenters. The number of rotatable bonds is 8. The Kier molecular flexibility index (Phi) is 7.11. The SMILES string of the molecule is COC(=O)CN(Cc1ccccc1C)S(=O)(=O)c1ccc(CNC(C)=O)s1. The van der Waals surface area contributed by atoms with E-state index in [1.165, 1.54) is 20.1 Å². The summed E-state index contributed by atoms with van der Waals surface area (Å²) in [6.07, 6.45) is 0. The fourth-order valence-corrected chi connectivity index (χ4v) is 5.15. The minimum Gasteiger partial charge on any atom is -0.468 e. The van der Waals surface area contributed by atoms with E-state index < -0.39 is 16.0 Å². The van der Waals surface area contributed by atoms with Gasteiger partial charge in [-0.2, -0.15) is 4.31 Å². The van der Waals surface area contributed by atoms with Crippen LogP contribution in [0, 0.1) is 6.92 Å². The fourth-order valence-electron chi connectivity index (χ4n) is 2.34. The van der Waals surface area contributed by atoms with Crippen molar-refractivity contribution < 1.29 is 22.7 Å². The van der Waals surface area contributed by atoms with Gasteiger partial charge in [-0.1, -0.05) is 24.3 Å². The lowest BCUT2D eigenvalue weighted by molar-refractivity contribution is -0.140. The summed E-state index contributed by atoms with van der Waals surface area (Å²) >= 11 is 1.06. The lowest BCUT2D eigenvalue weighted by atomic mass is 10.1. The summed E-state index contributed by atoms with van der Waals surface area (Å²) in [6.45, 7) is 3.21. The van der Waals surface area contributed by atoms with Gasteiger partial charge in [0.15, 0.2) is 0 Å². The quantitative estimate of drug-likeness (QED) is 0.673. The molecule has 146 valence electrons. The highest BCUT2D eigenvalue weighted by molar-refractivity contribution is 7.91. The van der Waals surface area contributed by atoms with Crippen LogP contribution >= 0.6 is 11.3 Å². The third kappa shape index (κ3) is 5.62. The van der Waals surface area contributed by atoms with Crippen LogP contribution in [0.4, 0.5) is 0 Å². The number of amides is 1. The van der Waals surface area contributed by atoms with Crippen LogP contribution in [-0.2, 0) is 37.4 Å². The zero-order chi connectivity index (χ0) is 20.0. The Morgan fingerprint density at radius 3 is 2.52 bits per heavy atom. The lowest BCUT2D eigenvalue weighted by Crippen LogP contribution is -2.35. The first-order valence-electron chi connectivity index (χ1n) is 8.18. The Morgan fingerprint density at radius 2 is 1.89 bits per heavy atom. The third-order valence-corrected chi connectivity index (χ3v) is 7.23. The van der Waals surface area contributed by atoms with Crippen molar-refractivity contribution in [2.45, 2.75) is 31.1 Å². The molecule has 27 heavy (non-hydrogen) atoms. The summed E-state index contributed by atoms with van der Waals surface area (Å²) in [5.74, 6) is -0.832. The molecule has 0 aliphatic carbocycles. The van der Waals surface area contributed by atoms with Crippen LogP contribution in [-0.4, -0.2) is 38.3 Å². The first kappa shape index (κ1) is 21.1. The van der Waals surface area contributed by atoms with E-state index in [1.807, 2.05) is 31.2 Å². The van der Waals surface area contributed by atoms with Crippen LogP contribution in [0.3, 0.4) is 0 Å². The molecule has 1 N–H and O–H groups in total. The Labute approximate surface area is 163 Å². The Balaban J connectivity index is 2.31. The highest BCUT2D eigenvalue weighted by Gasteiger charge is 2.29. The molecule has 0 fully saturated rings. The van der Waals surface area contributed by atoms with E-state index in [0.29, 0.717) is 4.88 Å². The number of methoxy groups -OCH3 is 1. The summed E-state index contributed by atoms with van der Waals surface area (Å²) in [5, 5.41) is 2.63. The van der Waals surface area contributed by atoms with E-state index in [-0.39, 0.29) is 29.8 Å². The molecule has 1 aromatic heterocycles. The Morgan fingerprint density at radius 1 is 1.19 bits per heavy atom. The molecule has 2 aromatic rings. The predicted molar refractivity (Wildman–Crippen MR) is 103 cm³/mol. The zero-order valence-electron chi connectivity index (χ0n) is 15.4. The van der Waals surface area contributed by atoms with Crippen LogP contribution in [0.5, 0.6) is 0 Å². The van der Waals surface area contributed by atoms with Gasteiger partial charge in [0.2, 0.25) is 5.91 Å². The maximum atomic E-state index is 13.1. The molecule has 1 heterocycles. The minimum atomic E-state index is -3.90. The molecule has 1 aromatic carbocycles. The van der Waals surface area contributed by atoms with Crippen molar-refractivity contribution in [3.05, 3.63) is 52.4 Å². The molecular formula is C18H22N2O5S2. The second-order valence-corrected chi connectivity index (χ2v) is 9.24. The van der Waals surface area contributed by atoms with Gasteiger partial charge in [-0.15, -0.1) is 11.3 Å². The van der Waals surface area contributed by atoms with Gasteiger partial charge >= 0.3 is 5.97 Å². The molecule has 2 rings (SSSR count). The number of carbonyl (C=O) groups is 2. The number of benzene rings is 1. The van der Waals surface area contributed by atoms with Crippen molar-refractivity contribution in [3.8, 4) is 0 Å². The van der Waals surface area contributed by atoms with E-state index in [1.54, 1.807) is 6.07 Å². The van der Waals surface area contributed by atoms with Gasteiger partial charge in [0, 0.05) is 18.3 Å². The highest BCUT2D eigenvalue weighted by atomic mass is 32.2. The smallest absolute Gasteiger partial charge is 0.321 e. The van der Waals surface area contributed by atoms with Crippen molar-refractivity contribution in [1.82, 2.24) is 9.62 Å². The third-order valence-electron chi connectivity index (χ3n) is 3.88. The van der Waals surface area contributed by atoms with Gasteiger partial charge in [-0.05, 0) is 30.2 Å². The van der Waals surface area contributed by atoms with Crippen LogP contribution < -0.4 is 5.32 Å². The first-order valence-corrected chi connectivity index (χ1v) is 10.4. The maximum Gasteiger partial charge on any atom is 0.321 e. The number of nitrogens with zero attached hydrogens (tertiary/aromatic N) is 1. The van der Waals surface area contributed by atoms with Gasteiger partial charge in [-0.3, -0.25) is 9.59 Å². The average molecular weight is 411 g/mol. The van der Waals surface area contributed by atoms with Crippen molar-refractivity contribution in [2.24, 2.45) is 0 Å². The summed E-state index contributed by atoms with van der Waals surface area (Å²) in [6, 6.07) is 10.5. The molecular weight excluding hydrogens is 388 g/mol. The topological polar surface area (TPSA) is 92.8 Å². The van der Waals surface area contributed by atoms with Gasteiger partial charge in [-0.25, -0.2) is 8.42 Å². The summed E-state index contributed by atoms with van der Waals surface area (Å²) in [7, 11) is -2.68. The van der Waals surface area contributed by atoms with Gasteiger partial charge < -0.3 is 10.1 Å². The fraction of sp³-hybridized carbons (Fsp3) is 0.333.